The maximum absolute atomic E-state index is 11.7. The van der Waals surface area contributed by atoms with Crippen molar-refractivity contribution >= 4 is 31.1 Å². The van der Waals surface area contributed by atoms with Crippen molar-refractivity contribution in [3.63, 3.8) is 0 Å². The minimum Gasteiger partial charge on any atom is -0.488 e. The molecule has 4 nitrogen and oxygen atoms in total. The maximum Gasteiger partial charge on any atom is 0.377 e. The quantitative estimate of drug-likeness (QED) is 0.262. The van der Waals surface area contributed by atoms with E-state index >= 15 is 0 Å². The monoisotopic (exact) mass is 436 g/mol. The van der Waals surface area contributed by atoms with E-state index in [0.29, 0.717) is 0 Å². The number of rotatable bonds is 5. The molecular formula is C26H32O4Si. The van der Waals surface area contributed by atoms with Gasteiger partial charge >= 0.3 is 5.97 Å². The predicted molar refractivity (Wildman–Crippen MR) is 128 cm³/mol. The topological polar surface area (TPSA) is 63.6 Å². The van der Waals surface area contributed by atoms with Crippen LogP contribution in [0.4, 0.5) is 0 Å². The number of aliphatic carboxylic acids is 1. The second kappa shape index (κ2) is 7.79. The van der Waals surface area contributed by atoms with Crippen LogP contribution in [0.1, 0.15) is 61.2 Å². The molecule has 0 atom stereocenters. The highest BCUT2D eigenvalue weighted by atomic mass is 28.3. The Balaban J connectivity index is 2.05. The largest absolute Gasteiger partial charge is 0.488 e. The Morgan fingerprint density at radius 3 is 2.10 bits per heavy atom. The number of hydrogen-bond acceptors (Lipinski definition) is 3. The highest BCUT2D eigenvalue weighted by molar-refractivity contribution is 6.94. The fraction of sp³-hybridized carbons (Fsp3) is 0.385. The Morgan fingerprint density at radius 2 is 1.55 bits per heavy atom. The smallest absolute Gasteiger partial charge is 0.377 e. The average molecular weight is 437 g/mol. The number of carboxylic acid groups (broad SMARTS) is 1. The van der Waals surface area contributed by atoms with Crippen LogP contribution in [0.3, 0.4) is 0 Å². The molecule has 0 aliphatic carbocycles. The Bertz CT molecular complexity index is 1050. The molecule has 0 aromatic heterocycles. The lowest BCUT2D eigenvalue weighted by Gasteiger charge is -2.42. The van der Waals surface area contributed by atoms with Crippen LogP contribution in [-0.4, -0.2) is 30.5 Å². The third-order valence-electron chi connectivity index (χ3n) is 5.76. The third-order valence-corrected chi connectivity index (χ3v) is 7.81. The molecule has 1 N–H and O–H groups in total. The summed E-state index contributed by atoms with van der Waals surface area (Å²) in [4.78, 5) is 22.6. The number of carboxylic acids is 1. The Hall–Kier alpha value is -2.66. The standard InChI is InChI=1S/C26H32O4Si/c1-25(2)16-26(3,4)30-21-13-12-19(15-20(21)25)22(31(5,6)7)14-17-8-10-18(11-9-17)23(27)24(28)29/h8-15H,16H2,1-7H3,(H,28,29)/b22-14-. The third kappa shape index (κ3) is 4.98. The molecule has 31 heavy (non-hydrogen) atoms. The highest BCUT2D eigenvalue weighted by Crippen LogP contribution is 2.46. The summed E-state index contributed by atoms with van der Waals surface area (Å²) in [6.07, 6.45) is 3.12. The van der Waals surface area contributed by atoms with Gasteiger partial charge in [0.15, 0.2) is 0 Å². The number of ketones is 1. The first-order valence-corrected chi connectivity index (χ1v) is 14.1. The summed E-state index contributed by atoms with van der Waals surface area (Å²) in [5.74, 6) is -1.37. The van der Waals surface area contributed by atoms with Gasteiger partial charge in [-0.2, -0.15) is 0 Å². The first-order chi connectivity index (χ1) is 14.2. The van der Waals surface area contributed by atoms with E-state index < -0.39 is 19.8 Å². The summed E-state index contributed by atoms with van der Waals surface area (Å²) in [5, 5.41) is 10.2. The Morgan fingerprint density at radius 1 is 0.968 bits per heavy atom. The lowest BCUT2D eigenvalue weighted by atomic mass is 9.73. The van der Waals surface area contributed by atoms with Crippen molar-refractivity contribution in [1.82, 2.24) is 0 Å². The molecule has 0 saturated heterocycles. The van der Waals surface area contributed by atoms with Crippen LogP contribution in [-0.2, 0) is 10.2 Å². The average Bonchev–Trinajstić information content (AvgIpc) is 2.63. The van der Waals surface area contributed by atoms with Crippen molar-refractivity contribution in [2.45, 2.75) is 64.8 Å². The molecule has 1 heterocycles. The molecule has 0 spiro atoms. The number of carbonyl (C=O) groups excluding carboxylic acids is 1. The van der Waals surface area contributed by atoms with Crippen LogP contribution in [0.5, 0.6) is 5.75 Å². The molecule has 5 heteroatoms. The van der Waals surface area contributed by atoms with Crippen molar-refractivity contribution in [3.05, 3.63) is 64.7 Å². The highest BCUT2D eigenvalue weighted by Gasteiger charge is 2.39. The molecule has 1 aliphatic rings. The summed E-state index contributed by atoms with van der Waals surface area (Å²) in [7, 11) is -1.72. The van der Waals surface area contributed by atoms with Gasteiger partial charge in [-0.3, -0.25) is 4.79 Å². The van der Waals surface area contributed by atoms with Crippen molar-refractivity contribution in [1.29, 1.82) is 0 Å². The van der Waals surface area contributed by atoms with Gasteiger partial charge in [-0.05, 0) is 48.9 Å². The van der Waals surface area contributed by atoms with Crippen molar-refractivity contribution < 1.29 is 19.4 Å². The summed E-state index contributed by atoms with van der Waals surface area (Å²) in [6.45, 7) is 15.8. The number of hydrogen-bond donors (Lipinski definition) is 1. The van der Waals surface area contributed by atoms with E-state index in [-0.39, 0.29) is 16.6 Å². The maximum atomic E-state index is 11.7. The zero-order chi connectivity index (χ0) is 23.2. The van der Waals surface area contributed by atoms with E-state index in [1.165, 1.54) is 16.3 Å². The molecule has 3 rings (SSSR count). The van der Waals surface area contributed by atoms with E-state index in [2.05, 4.69) is 71.6 Å². The zero-order valence-corrected chi connectivity index (χ0v) is 20.5. The lowest BCUT2D eigenvalue weighted by molar-refractivity contribution is -0.131. The molecule has 0 radical (unpaired) electrons. The predicted octanol–water partition coefficient (Wildman–Crippen LogP) is 6.21. The minimum atomic E-state index is -1.72. The molecule has 0 fully saturated rings. The van der Waals surface area contributed by atoms with Crippen LogP contribution < -0.4 is 4.74 Å². The van der Waals surface area contributed by atoms with Crippen molar-refractivity contribution in [3.8, 4) is 5.75 Å². The number of ether oxygens (including phenoxy) is 1. The molecule has 2 aromatic rings. The van der Waals surface area contributed by atoms with Gasteiger partial charge in [0, 0.05) is 11.1 Å². The van der Waals surface area contributed by atoms with Crippen LogP contribution in [0.25, 0.3) is 11.3 Å². The number of Topliss-reactive ketones (excluding diaryl/α,β-unsaturated/α-hetero) is 1. The number of fused-ring (bicyclic) bond motifs is 1. The molecule has 2 aromatic carbocycles. The summed E-state index contributed by atoms with van der Waals surface area (Å²) in [5.41, 5.74) is 3.39. The normalized spacial score (nSPS) is 17.5. The van der Waals surface area contributed by atoms with Gasteiger partial charge in [0.2, 0.25) is 0 Å². The summed E-state index contributed by atoms with van der Waals surface area (Å²) >= 11 is 0. The van der Waals surface area contributed by atoms with E-state index in [4.69, 9.17) is 9.84 Å². The van der Waals surface area contributed by atoms with E-state index in [0.717, 1.165) is 17.7 Å². The number of benzene rings is 2. The van der Waals surface area contributed by atoms with Gasteiger partial charge in [0.25, 0.3) is 5.78 Å². The van der Waals surface area contributed by atoms with E-state index in [1.54, 1.807) is 12.1 Å². The van der Waals surface area contributed by atoms with Gasteiger partial charge in [-0.25, -0.2) is 4.79 Å². The van der Waals surface area contributed by atoms with Gasteiger partial charge < -0.3 is 9.84 Å². The first-order valence-electron chi connectivity index (χ1n) is 10.6. The van der Waals surface area contributed by atoms with Gasteiger partial charge in [-0.1, -0.05) is 75.1 Å². The molecular weight excluding hydrogens is 404 g/mol. The van der Waals surface area contributed by atoms with Crippen LogP contribution >= 0.6 is 0 Å². The van der Waals surface area contributed by atoms with Crippen molar-refractivity contribution in [2.24, 2.45) is 0 Å². The van der Waals surface area contributed by atoms with Crippen LogP contribution in [0.15, 0.2) is 42.5 Å². The number of carbonyl (C=O) groups is 2. The Kier molecular flexibility index (Phi) is 5.78. The second-order valence-electron chi connectivity index (χ2n) is 10.7. The second-order valence-corrected chi connectivity index (χ2v) is 15.7. The van der Waals surface area contributed by atoms with Crippen molar-refractivity contribution in [2.75, 3.05) is 0 Å². The Labute approximate surface area is 186 Å². The SMILES string of the molecule is CC1(C)CC(C)(C)c2cc(/C(=C/c3ccc(C(=O)C(=O)O)cc3)[Si](C)(C)C)ccc2O1. The fourth-order valence-corrected chi connectivity index (χ4v) is 6.18. The molecule has 0 bridgehead atoms. The van der Waals surface area contributed by atoms with E-state index in [9.17, 15) is 9.59 Å². The lowest BCUT2D eigenvalue weighted by Crippen LogP contribution is -2.41. The summed E-state index contributed by atoms with van der Waals surface area (Å²) < 4.78 is 6.26. The summed E-state index contributed by atoms with van der Waals surface area (Å²) in [6, 6.07) is 13.3. The fourth-order valence-electron chi connectivity index (χ4n) is 4.56. The first kappa shape index (κ1) is 23.0. The zero-order valence-electron chi connectivity index (χ0n) is 19.5. The van der Waals surface area contributed by atoms with Gasteiger partial charge in [-0.15, -0.1) is 0 Å². The van der Waals surface area contributed by atoms with Gasteiger partial charge in [0.1, 0.15) is 11.4 Å². The van der Waals surface area contributed by atoms with Crippen LogP contribution in [0.2, 0.25) is 19.6 Å². The molecule has 164 valence electrons. The van der Waals surface area contributed by atoms with E-state index in [1.807, 2.05) is 12.1 Å². The van der Waals surface area contributed by atoms with Gasteiger partial charge in [0.05, 0.1) is 8.07 Å². The molecule has 0 saturated carbocycles. The minimum absolute atomic E-state index is 0.0104. The molecule has 0 amide bonds. The molecule has 0 unspecified atom stereocenters. The molecule has 1 aliphatic heterocycles. The van der Waals surface area contributed by atoms with Crippen LogP contribution in [0, 0.1) is 0 Å².